The Bertz CT molecular complexity index is 650. The Kier molecular flexibility index (Phi) is 3.83. The molecule has 100 valence electrons. The summed E-state index contributed by atoms with van der Waals surface area (Å²) in [4.78, 5) is 11.3. The second kappa shape index (κ2) is 5.23. The van der Waals surface area contributed by atoms with Gasteiger partial charge < -0.3 is 5.11 Å². The van der Waals surface area contributed by atoms with Crippen LogP contribution in [0.3, 0.4) is 0 Å². The molecular weight excluding hydrogens is 287 g/mol. The van der Waals surface area contributed by atoms with E-state index in [0.29, 0.717) is 33.5 Å². The number of halogens is 2. The first-order chi connectivity index (χ1) is 8.95. The molecule has 0 aliphatic carbocycles. The molecule has 0 amide bonds. The number of hydrogen-bond acceptors (Lipinski definition) is 2. The van der Waals surface area contributed by atoms with Gasteiger partial charge in [0.15, 0.2) is 0 Å². The number of rotatable bonds is 3. The maximum absolute atomic E-state index is 11.3. The number of carbonyl (C=O) groups is 1. The minimum absolute atomic E-state index is 0.244. The van der Waals surface area contributed by atoms with Gasteiger partial charge in [0.25, 0.3) is 0 Å². The first kappa shape index (κ1) is 13.9. The predicted molar refractivity (Wildman–Crippen MR) is 74.7 cm³/mol. The van der Waals surface area contributed by atoms with Crippen LogP contribution in [0.4, 0.5) is 0 Å². The standard InChI is InChI=1S/C13H12Cl2N2O2/c1-3-11-12(13(18)19)7(2)16-17(11)8-4-5-9(14)10(15)6-8/h4-6H,3H2,1-2H3,(H,18,19). The minimum atomic E-state index is -0.972. The van der Waals surface area contributed by atoms with Gasteiger partial charge in [0.2, 0.25) is 0 Å². The van der Waals surface area contributed by atoms with Crippen molar-refractivity contribution in [2.24, 2.45) is 0 Å². The molecule has 0 radical (unpaired) electrons. The van der Waals surface area contributed by atoms with Crippen LogP contribution in [-0.4, -0.2) is 20.9 Å². The molecular formula is C13H12Cl2N2O2. The second-order valence-electron chi connectivity index (χ2n) is 4.08. The molecule has 1 aromatic heterocycles. The molecule has 19 heavy (non-hydrogen) atoms. The highest BCUT2D eigenvalue weighted by molar-refractivity contribution is 6.42. The number of aromatic carboxylic acids is 1. The van der Waals surface area contributed by atoms with Crippen LogP contribution < -0.4 is 0 Å². The van der Waals surface area contributed by atoms with Crippen LogP contribution in [0.5, 0.6) is 0 Å². The summed E-state index contributed by atoms with van der Waals surface area (Å²) in [5, 5.41) is 14.4. The normalized spacial score (nSPS) is 10.7. The van der Waals surface area contributed by atoms with E-state index in [4.69, 9.17) is 23.2 Å². The quantitative estimate of drug-likeness (QED) is 0.939. The average Bonchev–Trinajstić information content (AvgIpc) is 2.69. The predicted octanol–water partition coefficient (Wildman–Crippen LogP) is 3.75. The fraction of sp³-hybridized carbons (Fsp3) is 0.231. The Morgan fingerprint density at radius 2 is 2.05 bits per heavy atom. The molecule has 1 heterocycles. The Hall–Kier alpha value is -1.52. The average molecular weight is 299 g/mol. The zero-order chi connectivity index (χ0) is 14.2. The van der Waals surface area contributed by atoms with Gasteiger partial charge in [0.05, 0.1) is 27.1 Å². The summed E-state index contributed by atoms with van der Waals surface area (Å²) >= 11 is 11.9. The molecule has 0 spiro atoms. The number of nitrogens with zero attached hydrogens (tertiary/aromatic N) is 2. The van der Waals surface area contributed by atoms with Crippen molar-refractivity contribution in [2.75, 3.05) is 0 Å². The van der Waals surface area contributed by atoms with Crippen LogP contribution in [0.1, 0.15) is 28.7 Å². The Morgan fingerprint density at radius 3 is 2.58 bits per heavy atom. The molecule has 0 aliphatic rings. The number of hydrogen-bond donors (Lipinski definition) is 1. The van der Waals surface area contributed by atoms with E-state index in [1.54, 1.807) is 29.8 Å². The molecule has 2 rings (SSSR count). The monoisotopic (exact) mass is 298 g/mol. The number of aromatic nitrogens is 2. The maximum Gasteiger partial charge on any atom is 0.339 e. The van der Waals surface area contributed by atoms with Gasteiger partial charge in [0, 0.05) is 0 Å². The van der Waals surface area contributed by atoms with Gasteiger partial charge in [-0.25, -0.2) is 9.48 Å². The molecule has 1 aromatic carbocycles. The summed E-state index contributed by atoms with van der Waals surface area (Å²) in [7, 11) is 0. The highest BCUT2D eigenvalue weighted by Crippen LogP contribution is 2.26. The topological polar surface area (TPSA) is 55.1 Å². The number of carboxylic acids is 1. The van der Waals surface area contributed by atoms with Crippen molar-refractivity contribution in [3.63, 3.8) is 0 Å². The van der Waals surface area contributed by atoms with Crippen molar-refractivity contribution in [1.82, 2.24) is 9.78 Å². The van der Waals surface area contributed by atoms with Gasteiger partial charge in [-0.2, -0.15) is 5.10 Å². The maximum atomic E-state index is 11.3. The molecule has 6 heteroatoms. The highest BCUT2D eigenvalue weighted by Gasteiger charge is 2.20. The van der Waals surface area contributed by atoms with Crippen LogP contribution in [0, 0.1) is 6.92 Å². The molecule has 0 saturated heterocycles. The molecule has 0 fully saturated rings. The molecule has 0 aliphatic heterocycles. The van der Waals surface area contributed by atoms with E-state index in [1.165, 1.54) is 0 Å². The van der Waals surface area contributed by atoms with Crippen LogP contribution >= 0.6 is 23.2 Å². The van der Waals surface area contributed by atoms with E-state index in [2.05, 4.69) is 5.10 Å². The molecule has 0 saturated carbocycles. The van der Waals surface area contributed by atoms with Crippen molar-refractivity contribution in [3.8, 4) is 5.69 Å². The zero-order valence-electron chi connectivity index (χ0n) is 10.4. The van der Waals surface area contributed by atoms with Gasteiger partial charge >= 0.3 is 5.97 Å². The van der Waals surface area contributed by atoms with E-state index in [-0.39, 0.29) is 5.56 Å². The van der Waals surface area contributed by atoms with Crippen LogP contribution in [0.15, 0.2) is 18.2 Å². The summed E-state index contributed by atoms with van der Waals surface area (Å²) in [6, 6.07) is 5.09. The molecule has 0 atom stereocenters. The van der Waals surface area contributed by atoms with E-state index in [9.17, 15) is 9.90 Å². The van der Waals surface area contributed by atoms with Gasteiger partial charge in [-0.1, -0.05) is 30.1 Å². The molecule has 0 unspecified atom stereocenters. The van der Waals surface area contributed by atoms with E-state index in [1.807, 2.05) is 6.92 Å². The van der Waals surface area contributed by atoms with Crippen molar-refractivity contribution in [2.45, 2.75) is 20.3 Å². The number of benzene rings is 1. The van der Waals surface area contributed by atoms with E-state index in [0.717, 1.165) is 0 Å². The minimum Gasteiger partial charge on any atom is -0.478 e. The SMILES string of the molecule is CCc1c(C(=O)O)c(C)nn1-c1ccc(Cl)c(Cl)c1. The number of aryl methyl sites for hydroxylation is 1. The van der Waals surface area contributed by atoms with Crippen molar-refractivity contribution in [1.29, 1.82) is 0 Å². The van der Waals surface area contributed by atoms with Gasteiger partial charge in [-0.05, 0) is 31.5 Å². The molecule has 1 N–H and O–H groups in total. The first-order valence-electron chi connectivity index (χ1n) is 5.73. The Labute approximate surface area is 120 Å². The summed E-state index contributed by atoms with van der Waals surface area (Å²) in [6.45, 7) is 3.56. The molecule has 4 nitrogen and oxygen atoms in total. The van der Waals surface area contributed by atoms with Crippen LogP contribution in [0.2, 0.25) is 10.0 Å². The summed E-state index contributed by atoms with van der Waals surface area (Å²) in [5.41, 5.74) is 2.06. The molecule has 2 aromatic rings. The van der Waals surface area contributed by atoms with E-state index >= 15 is 0 Å². The lowest BCUT2D eigenvalue weighted by molar-refractivity contribution is 0.0695. The zero-order valence-corrected chi connectivity index (χ0v) is 12.0. The van der Waals surface area contributed by atoms with Gasteiger partial charge in [-0.3, -0.25) is 0 Å². The van der Waals surface area contributed by atoms with Crippen molar-refractivity contribution in [3.05, 3.63) is 45.2 Å². The fourth-order valence-electron chi connectivity index (χ4n) is 2.01. The largest absolute Gasteiger partial charge is 0.478 e. The lowest BCUT2D eigenvalue weighted by Crippen LogP contribution is -2.05. The third-order valence-electron chi connectivity index (χ3n) is 2.85. The highest BCUT2D eigenvalue weighted by atomic mass is 35.5. The van der Waals surface area contributed by atoms with Crippen LogP contribution in [0.25, 0.3) is 5.69 Å². The van der Waals surface area contributed by atoms with Gasteiger partial charge in [-0.15, -0.1) is 0 Å². The number of carboxylic acid groups (broad SMARTS) is 1. The molecule has 0 bridgehead atoms. The summed E-state index contributed by atoms with van der Waals surface area (Å²) in [5.74, 6) is -0.972. The third kappa shape index (κ3) is 2.46. The summed E-state index contributed by atoms with van der Waals surface area (Å²) < 4.78 is 1.60. The second-order valence-corrected chi connectivity index (χ2v) is 4.89. The summed E-state index contributed by atoms with van der Waals surface area (Å²) in [6.07, 6.45) is 0.558. The fourth-order valence-corrected chi connectivity index (χ4v) is 2.30. The third-order valence-corrected chi connectivity index (χ3v) is 3.59. The Morgan fingerprint density at radius 1 is 1.37 bits per heavy atom. The smallest absolute Gasteiger partial charge is 0.339 e. The van der Waals surface area contributed by atoms with Crippen molar-refractivity contribution < 1.29 is 9.90 Å². The lowest BCUT2D eigenvalue weighted by atomic mass is 10.1. The van der Waals surface area contributed by atoms with Crippen molar-refractivity contribution >= 4 is 29.2 Å². The lowest BCUT2D eigenvalue weighted by Gasteiger charge is -2.07. The first-order valence-corrected chi connectivity index (χ1v) is 6.48. The Balaban J connectivity index is 2.65. The van der Waals surface area contributed by atoms with Crippen LogP contribution in [-0.2, 0) is 6.42 Å². The van der Waals surface area contributed by atoms with Gasteiger partial charge in [0.1, 0.15) is 5.56 Å². The van der Waals surface area contributed by atoms with E-state index < -0.39 is 5.97 Å².